The minimum absolute atomic E-state index is 0.0351. The molecule has 0 aliphatic carbocycles. The van der Waals surface area contributed by atoms with Crippen molar-refractivity contribution < 1.29 is 14.3 Å². The van der Waals surface area contributed by atoms with Crippen molar-refractivity contribution in [2.24, 2.45) is 0 Å². The van der Waals surface area contributed by atoms with E-state index in [1.165, 1.54) is 6.07 Å². The summed E-state index contributed by atoms with van der Waals surface area (Å²) in [5.41, 5.74) is 1.98. The Morgan fingerprint density at radius 1 is 1.12 bits per heavy atom. The first kappa shape index (κ1) is 16.6. The van der Waals surface area contributed by atoms with Crippen molar-refractivity contribution in [3.05, 3.63) is 82.6 Å². The van der Waals surface area contributed by atoms with Crippen LogP contribution >= 0.6 is 11.6 Å². The van der Waals surface area contributed by atoms with Crippen molar-refractivity contribution in [3.8, 4) is 17.4 Å². The fourth-order valence-corrected chi connectivity index (χ4v) is 2.63. The van der Waals surface area contributed by atoms with Crippen LogP contribution in [0.5, 0.6) is 0 Å². The number of halogens is 1. The molecule has 0 bridgehead atoms. The molecule has 0 saturated heterocycles. The van der Waals surface area contributed by atoms with Crippen LogP contribution in [0.3, 0.4) is 0 Å². The molecule has 4 nitrogen and oxygen atoms in total. The lowest BCUT2D eigenvalue weighted by molar-refractivity contribution is 0.0697. The maximum absolute atomic E-state index is 11.0. The number of benzene rings is 2. The molecular formula is C20H12ClNO3. The number of nitrogens with zero attached hydrogens (tertiary/aromatic N) is 1. The van der Waals surface area contributed by atoms with E-state index in [4.69, 9.17) is 21.1 Å². The van der Waals surface area contributed by atoms with E-state index < -0.39 is 5.97 Å². The summed E-state index contributed by atoms with van der Waals surface area (Å²) in [4.78, 5) is 11.0. The van der Waals surface area contributed by atoms with E-state index in [1.807, 2.05) is 30.3 Å². The molecule has 3 aromatic rings. The van der Waals surface area contributed by atoms with Gasteiger partial charge in [0.15, 0.2) is 0 Å². The first-order valence-electron chi connectivity index (χ1n) is 7.39. The number of hydrogen-bond donors (Lipinski definition) is 1. The summed E-state index contributed by atoms with van der Waals surface area (Å²) in [5.74, 6) is -0.0228. The fourth-order valence-electron chi connectivity index (χ4n) is 2.37. The van der Waals surface area contributed by atoms with Crippen molar-refractivity contribution >= 4 is 29.2 Å². The first-order valence-corrected chi connectivity index (χ1v) is 7.76. The van der Waals surface area contributed by atoms with Gasteiger partial charge >= 0.3 is 5.97 Å². The first-order chi connectivity index (χ1) is 12.1. The van der Waals surface area contributed by atoms with Gasteiger partial charge < -0.3 is 9.52 Å². The summed E-state index contributed by atoms with van der Waals surface area (Å²) in [6.07, 6.45) is 1.66. The predicted octanol–water partition coefficient (Wildman–Crippen LogP) is 5.36. The zero-order chi connectivity index (χ0) is 17.8. The molecule has 1 aromatic heterocycles. The lowest BCUT2D eigenvalue weighted by atomic mass is 10.1. The van der Waals surface area contributed by atoms with Crippen molar-refractivity contribution in [2.75, 3.05) is 0 Å². The second-order valence-electron chi connectivity index (χ2n) is 5.24. The number of aromatic carboxylic acids is 1. The van der Waals surface area contributed by atoms with Crippen LogP contribution in [0, 0.1) is 11.3 Å². The summed E-state index contributed by atoms with van der Waals surface area (Å²) >= 11 is 5.99. The molecule has 0 radical (unpaired) electrons. The molecule has 0 amide bonds. The van der Waals surface area contributed by atoms with Crippen LogP contribution in [-0.4, -0.2) is 11.1 Å². The SMILES string of the molecule is N#C/C(=C\c1ccc(-c2ccc(C(=O)O)c(Cl)c2)o1)c1ccccc1. The number of hydrogen-bond acceptors (Lipinski definition) is 3. The normalized spacial score (nSPS) is 11.1. The molecule has 25 heavy (non-hydrogen) atoms. The minimum Gasteiger partial charge on any atom is -0.478 e. The van der Waals surface area contributed by atoms with Crippen LogP contribution in [0.15, 0.2) is 65.1 Å². The number of carboxylic acid groups (broad SMARTS) is 1. The third-order valence-electron chi connectivity index (χ3n) is 3.60. The summed E-state index contributed by atoms with van der Waals surface area (Å²) in [6, 6.07) is 19.6. The second-order valence-corrected chi connectivity index (χ2v) is 5.64. The molecule has 5 heteroatoms. The molecule has 2 aromatic carbocycles. The smallest absolute Gasteiger partial charge is 0.337 e. The van der Waals surface area contributed by atoms with E-state index in [0.29, 0.717) is 22.7 Å². The topological polar surface area (TPSA) is 74.2 Å². The van der Waals surface area contributed by atoms with Crippen molar-refractivity contribution in [3.63, 3.8) is 0 Å². The van der Waals surface area contributed by atoms with Crippen LogP contribution in [0.2, 0.25) is 5.02 Å². The Bertz CT molecular complexity index is 997. The summed E-state index contributed by atoms with van der Waals surface area (Å²) in [6.45, 7) is 0. The van der Waals surface area contributed by atoms with E-state index >= 15 is 0 Å². The average molecular weight is 350 g/mol. The van der Waals surface area contributed by atoms with Crippen molar-refractivity contribution in [1.82, 2.24) is 0 Å². The molecule has 0 aliphatic rings. The molecule has 1 N–H and O–H groups in total. The van der Waals surface area contributed by atoms with Crippen LogP contribution < -0.4 is 0 Å². The minimum atomic E-state index is -1.08. The van der Waals surface area contributed by atoms with Crippen LogP contribution in [0.1, 0.15) is 21.7 Å². The Kier molecular flexibility index (Phi) is 4.69. The molecule has 0 unspecified atom stereocenters. The highest BCUT2D eigenvalue weighted by molar-refractivity contribution is 6.33. The van der Waals surface area contributed by atoms with Gasteiger partial charge in [0.1, 0.15) is 11.5 Å². The standard InChI is InChI=1S/C20H12ClNO3/c21-18-11-14(6-8-17(18)20(23)24)19-9-7-16(25-19)10-15(12-22)13-4-2-1-3-5-13/h1-11H,(H,23,24)/b15-10+. The van der Waals surface area contributed by atoms with Crippen molar-refractivity contribution in [1.29, 1.82) is 5.26 Å². The number of allylic oxidation sites excluding steroid dienone is 1. The quantitative estimate of drug-likeness (QED) is 0.643. The lowest BCUT2D eigenvalue weighted by Crippen LogP contribution is -1.96. The Morgan fingerprint density at radius 3 is 2.52 bits per heavy atom. The highest BCUT2D eigenvalue weighted by Crippen LogP contribution is 2.28. The van der Waals surface area contributed by atoms with Crippen LogP contribution in [0.25, 0.3) is 23.0 Å². The summed E-state index contributed by atoms with van der Waals surface area (Å²) in [7, 11) is 0. The number of rotatable bonds is 4. The number of furan rings is 1. The number of carboxylic acids is 1. The van der Waals surface area contributed by atoms with Gasteiger partial charge in [-0.3, -0.25) is 0 Å². The monoisotopic (exact) mass is 349 g/mol. The summed E-state index contributed by atoms with van der Waals surface area (Å²) < 4.78 is 5.75. The Balaban J connectivity index is 1.93. The van der Waals surface area contributed by atoms with Gasteiger partial charge in [0, 0.05) is 5.56 Å². The maximum Gasteiger partial charge on any atom is 0.337 e. The van der Waals surface area contributed by atoms with Gasteiger partial charge in [-0.1, -0.05) is 48.0 Å². The highest BCUT2D eigenvalue weighted by Gasteiger charge is 2.12. The maximum atomic E-state index is 11.0. The molecule has 0 atom stereocenters. The Morgan fingerprint density at radius 2 is 1.88 bits per heavy atom. The third-order valence-corrected chi connectivity index (χ3v) is 3.92. The van der Waals surface area contributed by atoms with E-state index in [9.17, 15) is 10.1 Å². The molecule has 1 heterocycles. The zero-order valence-corrected chi connectivity index (χ0v) is 13.7. The third kappa shape index (κ3) is 3.63. The summed E-state index contributed by atoms with van der Waals surface area (Å²) in [5, 5.41) is 18.5. The molecule has 122 valence electrons. The largest absolute Gasteiger partial charge is 0.478 e. The van der Waals surface area contributed by atoms with Gasteiger partial charge in [0.25, 0.3) is 0 Å². The van der Waals surface area contributed by atoms with E-state index in [2.05, 4.69) is 6.07 Å². The fraction of sp³-hybridized carbons (Fsp3) is 0. The van der Waals surface area contributed by atoms with E-state index in [1.54, 1.807) is 30.3 Å². The Labute approximate surface area is 149 Å². The molecule has 0 aliphatic heterocycles. The van der Waals surface area contributed by atoms with Gasteiger partial charge in [0.05, 0.1) is 22.2 Å². The zero-order valence-electron chi connectivity index (χ0n) is 12.9. The number of nitriles is 1. The van der Waals surface area contributed by atoms with E-state index in [-0.39, 0.29) is 10.6 Å². The van der Waals surface area contributed by atoms with Crippen molar-refractivity contribution in [2.45, 2.75) is 0 Å². The molecule has 3 rings (SSSR count). The van der Waals surface area contributed by atoms with E-state index in [0.717, 1.165) is 5.56 Å². The van der Waals surface area contributed by atoms with Crippen LogP contribution in [0.4, 0.5) is 0 Å². The van der Waals surface area contributed by atoms with Gasteiger partial charge in [-0.05, 0) is 35.9 Å². The van der Waals surface area contributed by atoms with Gasteiger partial charge in [0.2, 0.25) is 0 Å². The molecule has 0 spiro atoms. The molecule has 0 fully saturated rings. The van der Waals surface area contributed by atoms with Crippen LogP contribution in [-0.2, 0) is 0 Å². The predicted molar refractivity (Wildman–Crippen MR) is 96.0 cm³/mol. The number of carbonyl (C=O) groups is 1. The molecule has 0 saturated carbocycles. The highest BCUT2D eigenvalue weighted by atomic mass is 35.5. The molecular weight excluding hydrogens is 338 g/mol. The Hall–Kier alpha value is -3.29. The second kappa shape index (κ2) is 7.08. The van der Waals surface area contributed by atoms with Gasteiger partial charge in [-0.15, -0.1) is 0 Å². The average Bonchev–Trinajstić information content (AvgIpc) is 3.08. The lowest BCUT2D eigenvalue weighted by Gasteiger charge is -2.02. The van der Waals surface area contributed by atoms with Gasteiger partial charge in [-0.2, -0.15) is 5.26 Å². The van der Waals surface area contributed by atoms with Gasteiger partial charge in [-0.25, -0.2) is 4.79 Å².